The average Bonchev–Trinajstić information content (AvgIpc) is 2.96. The lowest BCUT2D eigenvalue weighted by Gasteiger charge is -2.31. The molecule has 2 aromatic heterocycles. The maximum atomic E-state index is 13.0. The normalized spacial score (nSPS) is 25.8. The van der Waals surface area contributed by atoms with Gasteiger partial charge in [-0.15, -0.1) is 0 Å². The second-order valence-corrected chi connectivity index (χ2v) is 10.0. The number of likely N-dealkylation sites (tertiary alicyclic amines) is 1. The highest BCUT2D eigenvalue weighted by molar-refractivity contribution is 5.83. The van der Waals surface area contributed by atoms with E-state index in [1.54, 1.807) is 0 Å². The van der Waals surface area contributed by atoms with E-state index in [1.807, 2.05) is 75.4 Å². The van der Waals surface area contributed by atoms with Gasteiger partial charge in [-0.2, -0.15) is 0 Å². The van der Waals surface area contributed by atoms with Crippen molar-refractivity contribution in [1.29, 1.82) is 0 Å². The van der Waals surface area contributed by atoms with E-state index < -0.39 is 17.6 Å². The molecule has 0 spiro atoms. The Labute approximate surface area is 172 Å². The van der Waals surface area contributed by atoms with Gasteiger partial charge in [0.15, 0.2) is 0 Å². The molecule has 1 saturated heterocycles. The predicted molar refractivity (Wildman–Crippen MR) is 110 cm³/mol. The fourth-order valence-corrected chi connectivity index (χ4v) is 4.59. The molecule has 2 aromatic rings. The summed E-state index contributed by atoms with van der Waals surface area (Å²) in [6.45, 7) is 13.2. The number of aryl methyl sites for hydroxylation is 1. The molecule has 7 heteroatoms. The summed E-state index contributed by atoms with van der Waals surface area (Å²) in [5.41, 5.74) is 2.05. The number of imidazole rings is 1. The summed E-state index contributed by atoms with van der Waals surface area (Å²) in [6.07, 6.45) is 2.92. The van der Waals surface area contributed by atoms with Gasteiger partial charge in [-0.05, 0) is 65.0 Å². The van der Waals surface area contributed by atoms with Crippen molar-refractivity contribution in [2.45, 2.75) is 59.1 Å². The van der Waals surface area contributed by atoms with E-state index in [-0.39, 0.29) is 23.7 Å². The number of piperidine rings is 1. The van der Waals surface area contributed by atoms with E-state index in [0.717, 1.165) is 16.9 Å². The van der Waals surface area contributed by atoms with E-state index in [1.165, 1.54) is 0 Å². The van der Waals surface area contributed by atoms with Gasteiger partial charge < -0.3 is 19.6 Å². The van der Waals surface area contributed by atoms with E-state index in [9.17, 15) is 9.90 Å². The van der Waals surface area contributed by atoms with Crippen molar-refractivity contribution in [2.75, 3.05) is 13.1 Å². The minimum atomic E-state index is -0.913. The van der Waals surface area contributed by atoms with Crippen LogP contribution in [0.2, 0.25) is 0 Å². The van der Waals surface area contributed by atoms with Crippen molar-refractivity contribution < 1.29 is 14.6 Å². The molecule has 0 aromatic carbocycles. The fourth-order valence-electron chi connectivity index (χ4n) is 4.59. The Morgan fingerprint density at radius 1 is 1.28 bits per heavy atom. The number of rotatable bonds is 5. The number of hydrogen-bond donors (Lipinski definition) is 2. The molecule has 1 aliphatic carbocycles. The van der Waals surface area contributed by atoms with Crippen LogP contribution in [0.3, 0.4) is 0 Å². The monoisotopic (exact) mass is 400 g/mol. The summed E-state index contributed by atoms with van der Waals surface area (Å²) >= 11 is 0. The number of carbonyl (C=O) groups is 1. The Kier molecular flexibility index (Phi) is 4.76. The number of aliphatic hydroxyl groups is 1. The minimum absolute atomic E-state index is 0.00767. The molecule has 2 fully saturated rings. The molecule has 1 aliphatic heterocycles. The van der Waals surface area contributed by atoms with E-state index >= 15 is 0 Å². The summed E-state index contributed by atoms with van der Waals surface area (Å²) in [5.74, 6) is 0.661. The standard InChI is InChI=1S/C22H32N4O3/c1-13-8-7-9-26-16(10-23-18(13)26)22(5,6)24-19(27)17-14-11-25(12-15(14)17)20(28)29-21(2,3)4/h7-10,14-15,17,20,28H,11-12H2,1-6H3,(H,24,27)/t14-,15+,17?,20?. The fraction of sp³-hybridized carbons (Fsp3) is 0.636. The lowest BCUT2D eigenvalue weighted by molar-refractivity contribution is -0.236. The molecule has 29 heavy (non-hydrogen) atoms. The van der Waals surface area contributed by atoms with Crippen LogP contribution in [-0.4, -0.2) is 50.4 Å². The van der Waals surface area contributed by atoms with E-state index in [2.05, 4.69) is 10.3 Å². The van der Waals surface area contributed by atoms with Crippen LogP contribution in [0.5, 0.6) is 0 Å². The second-order valence-electron chi connectivity index (χ2n) is 10.0. The van der Waals surface area contributed by atoms with Crippen LogP contribution in [0.4, 0.5) is 0 Å². The number of amides is 1. The number of ether oxygens (including phenoxy) is 1. The van der Waals surface area contributed by atoms with Crippen molar-refractivity contribution in [1.82, 2.24) is 19.6 Å². The van der Waals surface area contributed by atoms with Crippen LogP contribution >= 0.6 is 0 Å². The van der Waals surface area contributed by atoms with Crippen molar-refractivity contribution in [3.8, 4) is 0 Å². The Morgan fingerprint density at radius 3 is 2.55 bits per heavy atom. The highest BCUT2D eigenvalue weighted by Gasteiger charge is 2.60. The summed E-state index contributed by atoms with van der Waals surface area (Å²) < 4.78 is 7.68. The molecule has 0 bridgehead atoms. The first-order chi connectivity index (χ1) is 13.5. The molecule has 7 nitrogen and oxygen atoms in total. The summed E-state index contributed by atoms with van der Waals surface area (Å²) in [5, 5.41) is 13.5. The van der Waals surface area contributed by atoms with Crippen molar-refractivity contribution in [3.05, 3.63) is 35.8 Å². The summed E-state index contributed by atoms with van der Waals surface area (Å²) in [6, 6.07) is 4.03. The zero-order chi connectivity index (χ0) is 21.1. The lowest BCUT2D eigenvalue weighted by atomic mass is 10.0. The van der Waals surface area contributed by atoms with Gasteiger partial charge in [0, 0.05) is 25.2 Å². The SMILES string of the molecule is Cc1cccn2c(C(C)(C)NC(=O)C3[C@H]4CN(C(O)OC(C)(C)C)C[C@@H]34)cnc12. The largest absolute Gasteiger partial charge is 0.356 e. The first-order valence-electron chi connectivity index (χ1n) is 10.3. The summed E-state index contributed by atoms with van der Waals surface area (Å²) in [7, 11) is 0. The maximum absolute atomic E-state index is 13.0. The molecule has 1 amide bonds. The van der Waals surface area contributed by atoms with Crippen LogP contribution in [-0.2, 0) is 15.1 Å². The minimum Gasteiger partial charge on any atom is -0.356 e. The number of aliphatic hydroxyl groups excluding tert-OH is 1. The van der Waals surface area contributed by atoms with Gasteiger partial charge >= 0.3 is 0 Å². The Morgan fingerprint density at radius 2 is 1.93 bits per heavy atom. The number of nitrogens with zero attached hydrogens (tertiary/aromatic N) is 3. The quantitative estimate of drug-likeness (QED) is 0.753. The van der Waals surface area contributed by atoms with Crippen LogP contribution < -0.4 is 5.32 Å². The van der Waals surface area contributed by atoms with Gasteiger partial charge in [0.1, 0.15) is 5.65 Å². The van der Waals surface area contributed by atoms with Crippen LogP contribution in [0.1, 0.15) is 45.9 Å². The average molecular weight is 401 g/mol. The predicted octanol–water partition coefficient (Wildman–Crippen LogP) is 2.26. The first-order valence-corrected chi connectivity index (χ1v) is 10.3. The number of fused-ring (bicyclic) bond motifs is 2. The number of nitrogens with one attached hydrogen (secondary N) is 1. The highest BCUT2D eigenvalue weighted by Crippen LogP contribution is 2.52. The Bertz CT molecular complexity index is 918. The second kappa shape index (κ2) is 6.79. The maximum Gasteiger partial charge on any atom is 0.224 e. The van der Waals surface area contributed by atoms with Gasteiger partial charge in [0.05, 0.1) is 23.0 Å². The van der Waals surface area contributed by atoms with Gasteiger partial charge in [-0.25, -0.2) is 4.98 Å². The smallest absolute Gasteiger partial charge is 0.224 e. The zero-order valence-electron chi connectivity index (χ0n) is 18.1. The van der Waals surface area contributed by atoms with E-state index in [0.29, 0.717) is 13.1 Å². The van der Waals surface area contributed by atoms with Crippen LogP contribution in [0.15, 0.2) is 24.5 Å². The van der Waals surface area contributed by atoms with Gasteiger partial charge in [-0.3, -0.25) is 9.69 Å². The topological polar surface area (TPSA) is 79.1 Å². The lowest BCUT2D eigenvalue weighted by Crippen LogP contribution is -2.45. The third-order valence-electron chi connectivity index (χ3n) is 6.10. The van der Waals surface area contributed by atoms with Crippen molar-refractivity contribution in [2.24, 2.45) is 17.8 Å². The molecule has 4 rings (SSSR count). The number of pyridine rings is 1. The molecule has 1 saturated carbocycles. The molecule has 3 heterocycles. The molecule has 2 aliphatic rings. The zero-order valence-corrected chi connectivity index (χ0v) is 18.1. The first kappa shape index (κ1) is 20.3. The third-order valence-corrected chi connectivity index (χ3v) is 6.10. The number of carbonyl (C=O) groups excluding carboxylic acids is 1. The van der Waals surface area contributed by atoms with Crippen molar-refractivity contribution >= 4 is 11.6 Å². The number of aromatic nitrogens is 2. The van der Waals surface area contributed by atoms with E-state index in [4.69, 9.17) is 4.74 Å². The Hall–Kier alpha value is -1.96. The van der Waals surface area contributed by atoms with Gasteiger partial charge in [0.25, 0.3) is 0 Å². The van der Waals surface area contributed by atoms with Gasteiger partial charge in [-0.1, -0.05) is 6.07 Å². The molecule has 4 atom stereocenters. The molecule has 0 radical (unpaired) electrons. The molecular formula is C22H32N4O3. The van der Waals surface area contributed by atoms with Crippen LogP contribution in [0, 0.1) is 24.7 Å². The van der Waals surface area contributed by atoms with Crippen molar-refractivity contribution in [3.63, 3.8) is 0 Å². The highest BCUT2D eigenvalue weighted by atomic mass is 16.6. The Balaban J connectivity index is 1.39. The summed E-state index contributed by atoms with van der Waals surface area (Å²) in [4.78, 5) is 19.4. The molecular weight excluding hydrogens is 368 g/mol. The molecule has 2 N–H and O–H groups in total. The van der Waals surface area contributed by atoms with Crippen LogP contribution in [0.25, 0.3) is 5.65 Å². The van der Waals surface area contributed by atoms with Gasteiger partial charge in [0.2, 0.25) is 12.3 Å². The third kappa shape index (κ3) is 3.79. The molecule has 158 valence electrons. The number of hydrogen-bond acceptors (Lipinski definition) is 5. The molecule has 2 unspecified atom stereocenters.